The Morgan fingerprint density at radius 2 is 1.93 bits per heavy atom. The molecule has 0 saturated heterocycles. The molecule has 1 amide bonds. The lowest BCUT2D eigenvalue weighted by atomic mass is 9.98. The summed E-state index contributed by atoms with van der Waals surface area (Å²) in [6.45, 7) is 4.34. The van der Waals surface area contributed by atoms with Gasteiger partial charge in [0.2, 0.25) is 0 Å². The van der Waals surface area contributed by atoms with Gasteiger partial charge in [0.25, 0.3) is 5.91 Å². The Morgan fingerprint density at radius 1 is 1.26 bits per heavy atom. The lowest BCUT2D eigenvalue weighted by Gasteiger charge is -2.26. The molecule has 1 atom stereocenters. The number of hydrogen-bond donors (Lipinski definition) is 0. The minimum absolute atomic E-state index is 0.0896. The van der Waals surface area contributed by atoms with E-state index in [1.165, 1.54) is 17.1 Å². The number of hydrogen-bond acceptors (Lipinski definition) is 3. The van der Waals surface area contributed by atoms with Gasteiger partial charge in [-0.2, -0.15) is 5.10 Å². The fraction of sp³-hybridized carbons (Fsp3) is 0.333. The number of amides is 1. The van der Waals surface area contributed by atoms with Crippen LogP contribution in [0, 0.1) is 5.82 Å². The average Bonchev–Trinajstić information content (AvgIpc) is 3.07. The fourth-order valence-electron chi connectivity index (χ4n) is 3.01. The summed E-state index contributed by atoms with van der Waals surface area (Å²) in [7, 11) is 1.91. The summed E-state index contributed by atoms with van der Waals surface area (Å²) >= 11 is 6.40. The summed E-state index contributed by atoms with van der Waals surface area (Å²) < 4.78 is 13.3. The molecule has 142 valence electrons. The molecular weight excluding hydrogens is 365 g/mol. The van der Waals surface area contributed by atoms with E-state index < -0.39 is 0 Å². The Balaban J connectivity index is 1.93. The van der Waals surface area contributed by atoms with Crippen LogP contribution in [0.4, 0.5) is 4.39 Å². The zero-order valence-electron chi connectivity index (χ0n) is 15.7. The SMILES string of the molecule is CC(C)N(C)CC(=O)N1N=C(c2ccc(F)cc2)CC1c1ccccc1Cl. The molecule has 4 nitrogen and oxygen atoms in total. The molecule has 0 radical (unpaired) electrons. The van der Waals surface area contributed by atoms with Crippen LogP contribution in [0.2, 0.25) is 5.02 Å². The van der Waals surface area contributed by atoms with Crippen LogP contribution in [0.15, 0.2) is 53.6 Å². The summed E-state index contributed by atoms with van der Waals surface area (Å²) in [4.78, 5) is 14.9. The van der Waals surface area contributed by atoms with Crippen LogP contribution in [-0.2, 0) is 4.79 Å². The van der Waals surface area contributed by atoms with E-state index in [2.05, 4.69) is 5.10 Å². The van der Waals surface area contributed by atoms with Gasteiger partial charge in [0.15, 0.2) is 0 Å². The Labute approximate surface area is 164 Å². The van der Waals surface area contributed by atoms with Gasteiger partial charge in [-0.15, -0.1) is 0 Å². The predicted molar refractivity (Wildman–Crippen MR) is 106 cm³/mol. The first-order valence-corrected chi connectivity index (χ1v) is 9.34. The summed E-state index contributed by atoms with van der Waals surface area (Å²) in [5.41, 5.74) is 2.42. The summed E-state index contributed by atoms with van der Waals surface area (Å²) in [5.74, 6) is -0.389. The molecule has 2 aromatic rings. The van der Waals surface area contributed by atoms with E-state index in [1.54, 1.807) is 12.1 Å². The summed E-state index contributed by atoms with van der Waals surface area (Å²) in [6.07, 6.45) is 0.534. The highest BCUT2D eigenvalue weighted by Gasteiger charge is 2.34. The molecule has 0 N–H and O–H groups in total. The maximum atomic E-state index is 13.3. The first-order chi connectivity index (χ1) is 12.9. The maximum absolute atomic E-state index is 13.3. The smallest absolute Gasteiger partial charge is 0.257 e. The van der Waals surface area contributed by atoms with Gasteiger partial charge in [0.1, 0.15) is 5.82 Å². The number of hydrazone groups is 1. The van der Waals surface area contributed by atoms with E-state index in [1.807, 2.05) is 50.1 Å². The fourth-order valence-corrected chi connectivity index (χ4v) is 3.27. The molecule has 3 rings (SSSR count). The molecule has 1 aliphatic heterocycles. The zero-order chi connectivity index (χ0) is 19.6. The summed E-state index contributed by atoms with van der Waals surface area (Å²) in [5, 5.41) is 6.72. The zero-order valence-corrected chi connectivity index (χ0v) is 16.4. The van der Waals surface area contributed by atoms with E-state index >= 15 is 0 Å². The molecule has 0 spiro atoms. The highest BCUT2D eigenvalue weighted by Crippen LogP contribution is 2.36. The lowest BCUT2D eigenvalue weighted by Crippen LogP contribution is -2.39. The van der Waals surface area contributed by atoms with Crippen LogP contribution in [0.1, 0.15) is 37.4 Å². The molecule has 1 aliphatic rings. The lowest BCUT2D eigenvalue weighted by molar-refractivity contribution is -0.134. The van der Waals surface area contributed by atoms with Crippen LogP contribution in [0.25, 0.3) is 0 Å². The first kappa shape index (κ1) is 19.5. The molecule has 6 heteroatoms. The highest BCUT2D eigenvalue weighted by atomic mass is 35.5. The van der Waals surface area contributed by atoms with Gasteiger partial charge in [-0.05, 0) is 50.2 Å². The van der Waals surface area contributed by atoms with E-state index in [-0.39, 0.29) is 30.4 Å². The van der Waals surface area contributed by atoms with E-state index in [9.17, 15) is 9.18 Å². The van der Waals surface area contributed by atoms with Crippen molar-refractivity contribution >= 4 is 23.2 Å². The Bertz CT molecular complexity index is 851. The normalized spacial score (nSPS) is 16.9. The number of carbonyl (C=O) groups excluding carboxylic acids is 1. The molecule has 0 aromatic heterocycles. The van der Waals surface area contributed by atoms with Crippen LogP contribution in [0.5, 0.6) is 0 Å². The molecule has 0 bridgehead atoms. The van der Waals surface area contributed by atoms with Crippen molar-refractivity contribution in [3.05, 3.63) is 70.5 Å². The van der Waals surface area contributed by atoms with Crippen molar-refractivity contribution in [2.24, 2.45) is 5.10 Å². The first-order valence-electron chi connectivity index (χ1n) is 8.97. The minimum atomic E-state index is -0.300. The Hall–Kier alpha value is -2.24. The number of likely N-dealkylation sites (N-methyl/N-ethyl adjacent to an activating group) is 1. The van der Waals surface area contributed by atoms with Crippen molar-refractivity contribution in [1.29, 1.82) is 0 Å². The van der Waals surface area contributed by atoms with Gasteiger partial charge in [-0.25, -0.2) is 9.40 Å². The molecule has 0 fully saturated rings. The topological polar surface area (TPSA) is 35.9 Å². The second kappa shape index (κ2) is 8.19. The predicted octanol–water partition coefficient (Wildman–Crippen LogP) is 4.50. The van der Waals surface area contributed by atoms with Crippen molar-refractivity contribution in [1.82, 2.24) is 9.91 Å². The third kappa shape index (κ3) is 4.37. The third-order valence-corrected chi connectivity index (χ3v) is 5.22. The van der Waals surface area contributed by atoms with Crippen molar-refractivity contribution in [2.45, 2.75) is 32.4 Å². The van der Waals surface area contributed by atoms with Crippen molar-refractivity contribution < 1.29 is 9.18 Å². The third-order valence-electron chi connectivity index (χ3n) is 4.87. The molecule has 0 aliphatic carbocycles. The van der Waals surface area contributed by atoms with E-state index in [4.69, 9.17) is 11.6 Å². The minimum Gasteiger partial charge on any atom is -0.295 e. The van der Waals surface area contributed by atoms with Gasteiger partial charge in [0.05, 0.1) is 18.3 Å². The number of rotatable bonds is 5. The second-order valence-electron chi connectivity index (χ2n) is 7.04. The largest absolute Gasteiger partial charge is 0.295 e. The summed E-state index contributed by atoms with van der Waals surface area (Å²) in [6, 6.07) is 13.7. The van der Waals surface area contributed by atoms with E-state index in [0.29, 0.717) is 11.4 Å². The van der Waals surface area contributed by atoms with Crippen molar-refractivity contribution in [3.63, 3.8) is 0 Å². The van der Waals surface area contributed by atoms with Gasteiger partial charge in [-0.3, -0.25) is 9.69 Å². The van der Waals surface area contributed by atoms with Crippen LogP contribution in [0.3, 0.4) is 0 Å². The van der Waals surface area contributed by atoms with E-state index in [0.717, 1.165) is 16.8 Å². The number of benzene rings is 2. The van der Waals surface area contributed by atoms with Crippen molar-refractivity contribution in [2.75, 3.05) is 13.6 Å². The monoisotopic (exact) mass is 387 g/mol. The number of halogens is 2. The number of nitrogens with zero attached hydrogens (tertiary/aromatic N) is 3. The standard InChI is InChI=1S/C21H23ClFN3O/c1-14(2)25(3)13-21(27)26-20(17-6-4-5-7-18(17)22)12-19(24-26)15-8-10-16(23)11-9-15/h4-11,14,20H,12-13H2,1-3H3. The second-order valence-corrected chi connectivity index (χ2v) is 7.45. The molecular formula is C21H23ClFN3O. The average molecular weight is 388 g/mol. The van der Waals surface area contributed by atoms with Crippen LogP contribution in [-0.4, -0.2) is 41.2 Å². The number of carbonyl (C=O) groups is 1. The van der Waals surface area contributed by atoms with Crippen LogP contribution < -0.4 is 0 Å². The quantitative estimate of drug-likeness (QED) is 0.757. The molecule has 0 saturated carbocycles. The van der Waals surface area contributed by atoms with Crippen LogP contribution >= 0.6 is 11.6 Å². The van der Waals surface area contributed by atoms with Gasteiger partial charge >= 0.3 is 0 Å². The van der Waals surface area contributed by atoms with Gasteiger partial charge < -0.3 is 0 Å². The molecule has 1 heterocycles. The maximum Gasteiger partial charge on any atom is 0.257 e. The Morgan fingerprint density at radius 3 is 2.56 bits per heavy atom. The Kier molecular flexibility index (Phi) is 5.92. The van der Waals surface area contributed by atoms with Crippen molar-refractivity contribution in [3.8, 4) is 0 Å². The van der Waals surface area contributed by atoms with Gasteiger partial charge in [-0.1, -0.05) is 41.9 Å². The molecule has 27 heavy (non-hydrogen) atoms. The van der Waals surface area contributed by atoms with Gasteiger partial charge in [0, 0.05) is 17.5 Å². The molecule has 2 aromatic carbocycles. The highest BCUT2D eigenvalue weighted by molar-refractivity contribution is 6.31. The molecule has 1 unspecified atom stereocenters.